The van der Waals surface area contributed by atoms with E-state index >= 15 is 0 Å². The van der Waals surface area contributed by atoms with Gasteiger partial charge in [-0.25, -0.2) is 4.79 Å². The van der Waals surface area contributed by atoms with Crippen molar-refractivity contribution in [3.8, 4) is 23.0 Å². The summed E-state index contributed by atoms with van der Waals surface area (Å²) in [6.07, 6.45) is 0.347. The summed E-state index contributed by atoms with van der Waals surface area (Å²) in [5.41, 5.74) is 0.445. The topological polar surface area (TPSA) is 310 Å². The molecule has 2 aromatic rings. The van der Waals surface area contributed by atoms with Crippen LogP contribution in [0.5, 0.6) is 23.0 Å². The third-order valence-corrected chi connectivity index (χ3v) is 12.2. The average Bonchev–Trinajstić information content (AvgIpc) is 3.37. The molecule has 4 heterocycles. The fourth-order valence-corrected chi connectivity index (χ4v) is 8.42. The van der Waals surface area contributed by atoms with E-state index in [1.807, 2.05) is 0 Å². The minimum atomic E-state index is -1.21. The first-order chi connectivity index (χ1) is 35.4. The minimum Gasteiger partial charge on any atom is -0.493 e. The summed E-state index contributed by atoms with van der Waals surface area (Å²) in [6.45, 7) is 7.23. The lowest BCUT2D eigenvalue weighted by Crippen LogP contribution is -2.42. The number of nitro groups is 2. The van der Waals surface area contributed by atoms with E-state index in [0.717, 1.165) is 11.8 Å². The molecule has 0 aliphatic carbocycles. The van der Waals surface area contributed by atoms with Gasteiger partial charge in [0, 0.05) is 53.4 Å². The number of Topliss-reactive ketones (excluding diaryl/α,β-unsaturated/α-hetero) is 1. The number of nitro benzene ring substituents is 2. The van der Waals surface area contributed by atoms with E-state index in [1.165, 1.54) is 44.2 Å². The molecule has 6 rings (SSSR count). The molecule has 0 radical (unpaired) electrons. The first-order valence-corrected chi connectivity index (χ1v) is 25.8. The number of thioether (sulfide) groups is 2. The number of nitrogens with zero attached hydrogens (tertiary/aromatic N) is 2. The summed E-state index contributed by atoms with van der Waals surface area (Å²) in [5, 5.41) is 38.0. The molecule has 3 N–H and O–H groups in total. The molecule has 0 saturated heterocycles. The summed E-state index contributed by atoms with van der Waals surface area (Å²) in [6, 6.07) is 3.79. The highest BCUT2D eigenvalue weighted by molar-refractivity contribution is 7.98. The third-order valence-electron chi connectivity index (χ3n) is 10.1. The Kier molecular flexibility index (Phi) is 34.6. The first kappa shape index (κ1) is 65.0. The molecule has 0 fully saturated rings. The number of carboxylic acids is 1. The molecule has 74 heavy (non-hydrogen) atoms. The van der Waals surface area contributed by atoms with Crippen molar-refractivity contribution in [2.75, 3.05) is 145 Å². The largest absolute Gasteiger partial charge is 0.493 e. The SMILES string of the molecule is C.CCC(=O)C1CSCc2cc(OC)c(cc2[N+](=O)[O-])OCCOCCOCCOCCOCCC(=O)N1.COc1cc2c([N+](=O)[O-])cc1OCCOCCOCCOCCOCCC(=O)NC(C(=O)O)CSC2. The molecule has 4 aliphatic rings. The van der Waals surface area contributed by atoms with E-state index in [1.54, 1.807) is 13.0 Å². The maximum atomic E-state index is 12.4. The Balaban J connectivity index is 0.000000500. The lowest BCUT2D eigenvalue weighted by molar-refractivity contribution is -0.385. The van der Waals surface area contributed by atoms with Gasteiger partial charge in [0.15, 0.2) is 28.8 Å². The van der Waals surface area contributed by atoms with Crippen molar-refractivity contribution in [1.29, 1.82) is 0 Å². The van der Waals surface area contributed by atoms with Crippen LogP contribution in [0.1, 0.15) is 44.7 Å². The maximum Gasteiger partial charge on any atom is 0.327 e. The Hall–Kier alpha value is -5.10. The molecule has 0 saturated carbocycles. The quantitative estimate of drug-likeness (QED) is 0.200. The van der Waals surface area contributed by atoms with Crippen molar-refractivity contribution >= 4 is 58.5 Å². The lowest BCUT2D eigenvalue weighted by atomic mass is 10.1. The monoisotopic (exact) mass is 1090 g/mol. The molecule has 418 valence electrons. The van der Waals surface area contributed by atoms with Crippen LogP contribution in [-0.4, -0.2) is 195 Å². The van der Waals surface area contributed by atoms with Gasteiger partial charge >= 0.3 is 5.97 Å². The molecule has 2 unspecified atom stereocenters. The number of carboxylic acid groups (broad SMARTS) is 1. The Bertz CT molecular complexity index is 2000. The van der Waals surface area contributed by atoms with Crippen LogP contribution in [0, 0.1) is 20.2 Å². The third kappa shape index (κ3) is 26.4. The fourth-order valence-electron chi connectivity index (χ4n) is 6.32. The second-order valence-electron chi connectivity index (χ2n) is 15.3. The summed E-state index contributed by atoms with van der Waals surface area (Å²) >= 11 is 2.45. The molecular formula is C47H72N4O21S2. The van der Waals surface area contributed by atoms with Gasteiger partial charge in [0.2, 0.25) is 11.8 Å². The van der Waals surface area contributed by atoms with Gasteiger partial charge in [-0.15, -0.1) is 0 Å². The molecule has 4 aliphatic heterocycles. The number of methoxy groups -OCH3 is 2. The van der Waals surface area contributed by atoms with Crippen LogP contribution in [0.4, 0.5) is 11.4 Å². The van der Waals surface area contributed by atoms with Crippen molar-refractivity contribution in [2.24, 2.45) is 0 Å². The molecule has 2 atom stereocenters. The number of ether oxygens (including phenoxy) is 12. The molecule has 0 aromatic heterocycles. The van der Waals surface area contributed by atoms with Crippen LogP contribution in [-0.2, 0) is 68.6 Å². The molecule has 2 amide bonds. The van der Waals surface area contributed by atoms with Gasteiger partial charge in [0.25, 0.3) is 11.4 Å². The molecule has 2 aromatic carbocycles. The van der Waals surface area contributed by atoms with E-state index in [0.29, 0.717) is 95.3 Å². The highest BCUT2D eigenvalue weighted by Crippen LogP contribution is 2.38. The number of ketones is 1. The Morgan fingerprint density at radius 3 is 1.23 bits per heavy atom. The minimum absolute atomic E-state index is 0. The van der Waals surface area contributed by atoms with Gasteiger partial charge in [-0.1, -0.05) is 14.4 Å². The average molecular weight is 1090 g/mol. The van der Waals surface area contributed by atoms with Crippen LogP contribution in [0.2, 0.25) is 0 Å². The van der Waals surface area contributed by atoms with E-state index in [9.17, 15) is 44.5 Å². The van der Waals surface area contributed by atoms with E-state index in [2.05, 4.69) is 10.6 Å². The molecule has 0 spiro atoms. The standard InChI is InChI=1S/C24H36N2O10S.C22H32N2O11S.CH4/c1-3-21(27)19-17-37-16-18-14-22(31-2)23(15-20(18)26(29)30)36-13-12-35-11-10-34-9-8-33-7-6-32-5-4-24(28)25-19;1-30-19-12-16-14-36-15-17(22(26)27)23-21(25)2-3-31-4-5-32-6-7-33-8-9-34-10-11-35-20(19)13-18(16)24(28)29;/h14-15,19H,3-13,16-17H2,1-2H3,(H,25,28);12-13,17H,2-11,14-15H2,1H3,(H,23,25)(H,26,27);1H4. The smallest absolute Gasteiger partial charge is 0.327 e. The van der Waals surface area contributed by atoms with E-state index in [4.69, 9.17) is 56.8 Å². The van der Waals surface area contributed by atoms with Gasteiger partial charge in [-0.3, -0.25) is 34.6 Å². The highest BCUT2D eigenvalue weighted by atomic mass is 32.2. The summed E-state index contributed by atoms with van der Waals surface area (Å²) in [5.74, 6) is -0.383. The first-order valence-electron chi connectivity index (χ1n) is 23.5. The molecule has 27 heteroatoms. The summed E-state index contributed by atoms with van der Waals surface area (Å²) < 4.78 is 65.3. The van der Waals surface area contributed by atoms with Crippen LogP contribution < -0.4 is 29.6 Å². The van der Waals surface area contributed by atoms with Crippen molar-refractivity contribution in [1.82, 2.24) is 10.6 Å². The zero-order valence-corrected chi connectivity index (χ0v) is 43.1. The lowest BCUT2D eigenvalue weighted by Gasteiger charge is -2.17. The number of carbonyl (C=O) groups is 4. The van der Waals surface area contributed by atoms with Crippen LogP contribution in [0.3, 0.4) is 0 Å². The molecule has 4 bridgehead atoms. The number of benzene rings is 2. The zero-order chi connectivity index (χ0) is 53.1. The van der Waals surface area contributed by atoms with E-state index < -0.39 is 33.8 Å². The number of fused-ring (bicyclic) bond motifs is 44. The van der Waals surface area contributed by atoms with Crippen LogP contribution >= 0.6 is 23.5 Å². The van der Waals surface area contributed by atoms with Crippen molar-refractivity contribution in [2.45, 2.75) is 57.2 Å². The number of amides is 2. The van der Waals surface area contributed by atoms with Crippen molar-refractivity contribution < 1.29 is 91.0 Å². The zero-order valence-electron chi connectivity index (χ0n) is 41.5. The van der Waals surface area contributed by atoms with Crippen LogP contribution in [0.25, 0.3) is 0 Å². The number of carbonyl (C=O) groups excluding carboxylic acids is 3. The predicted molar refractivity (Wildman–Crippen MR) is 272 cm³/mol. The Morgan fingerprint density at radius 1 is 0.581 bits per heavy atom. The van der Waals surface area contributed by atoms with Gasteiger partial charge in [0.05, 0.1) is 148 Å². The normalized spacial score (nSPS) is 19.9. The van der Waals surface area contributed by atoms with Crippen LogP contribution in [0.15, 0.2) is 24.3 Å². The predicted octanol–water partition coefficient (Wildman–Crippen LogP) is 4.04. The van der Waals surface area contributed by atoms with Gasteiger partial charge < -0.3 is 72.6 Å². The van der Waals surface area contributed by atoms with Gasteiger partial charge in [-0.2, -0.15) is 23.5 Å². The Morgan fingerprint density at radius 2 is 0.905 bits per heavy atom. The molecule has 25 nitrogen and oxygen atoms in total. The maximum absolute atomic E-state index is 12.4. The number of hydrogen-bond acceptors (Lipinski definition) is 22. The van der Waals surface area contributed by atoms with Gasteiger partial charge in [-0.05, 0) is 12.1 Å². The molecular weight excluding hydrogens is 1020 g/mol. The van der Waals surface area contributed by atoms with Crippen molar-refractivity contribution in [3.63, 3.8) is 0 Å². The van der Waals surface area contributed by atoms with Gasteiger partial charge in [0.1, 0.15) is 19.3 Å². The second-order valence-corrected chi connectivity index (χ2v) is 17.4. The summed E-state index contributed by atoms with van der Waals surface area (Å²) in [4.78, 5) is 70.8. The summed E-state index contributed by atoms with van der Waals surface area (Å²) in [7, 11) is 2.87. The number of aliphatic carboxylic acids is 1. The fraction of sp³-hybridized carbons (Fsp3) is 0.660. The second kappa shape index (κ2) is 39.3. The Labute approximate surface area is 439 Å². The number of hydrogen-bond donors (Lipinski definition) is 3. The van der Waals surface area contributed by atoms with E-state index in [-0.39, 0.29) is 131 Å². The van der Waals surface area contributed by atoms with Crippen molar-refractivity contribution in [3.05, 3.63) is 55.6 Å². The highest BCUT2D eigenvalue weighted by Gasteiger charge is 2.25. The number of rotatable bonds is 7. The number of nitrogens with one attached hydrogen (secondary N) is 2.